The predicted octanol–water partition coefficient (Wildman–Crippen LogP) is 2.61. The minimum Gasteiger partial charge on any atom is -0.375 e. The molecule has 1 aliphatic heterocycles. The van der Waals surface area contributed by atoms with E-state index >= 15 is 0 Å². The Morgan fingerprint density at radius 2 is 2.26 bits per heavy atom. The zero-order chi connectivity index (χ0) is 13.6. The van der Waals surface area contributed by atoms with Crippen LogP contribution in [0, 0.1) is 6.92 Å². The van der Waals surface area contributed by atoms with E-state index in [2.05, 4.69) is 11.1 Å². The van der Waals surface area contributed by atoms with E-state index in [1.807, 2.05) is 24.0 Å². The van der Waals surface area contributed by atoms with E-state index in [0.29, 0.717) is 5.13 Å². The summed E-state index contributed by atoms with van der Waals surface area (Å²) in [6.45, 7) is 4.40. The summed E-state index contributed by atoms with van der Waals surface area (Å²) in [4.78, 5) is 18.8. The lowest BCUT2D eigenvalue weighted by Crippen LogP contribution is -2.25. The fourth-order valence-electron chi connectivity index (χ4n) is 2.56. The number of carbonyl (C=O) groups is 1. The average molecular weight is 273 g/mol. The van der Waals surface area contributed by atoms with Crippen LogP contribution in [-0.2, 0) is 11.2 Å². The number of thiazole rings is 1. The van der Waals surface area contributed by atoms with E-state index in [9.17, 15) is 4.79 Å². The first-order chi connectivity index (χ1) is 9.06. The number of nitrogens with zero attached hydrogens (tertiary/aromatic N) is 2. The highest BCUT2D eigenvalue weighted by atomic mass is 32.1. The molecule has 0 unspecified atom stereocenters. The zero-order valence-electron chi connectivity index (χ0n) is 10.9. The maximum atomic E-state index is 11.5. The van der Waals surface area contributed by atoms with Gasteiger partial charge in [-0.25, -0.2) is 4.98 Å². The molecule has 0 aliphatic carbocycles. The molecular formula is C14H15N3OS. The smallest absolute Gasteiger partial charge is 0.223 e. The number of hydrogen-bond donors (Lipinski definition) is 1. The molecule has 1 aliphatic rings. The van der Waals surface area contributed by atoms with Crippen LogP contribution in [-0.4, -0.2) is 17.4 Å². The molecule has 2 N–H and O–H groups in total. The van der Waals surface area contributed by atoms with Crippen LogP contribution in [0.2, 0.25) is 0 Å². The minimum absolute atomic E-state index is 0.0978. The Balaban J connectivity index is 2.04. The third-order valence-corrected chi connectivity index (χ3v) is 4.24. The molecule has 2 aromatic rings. The van der Waals surface area contributed by atoms with Crippen molar-refractivity contribution < 1.29 is 4.79 Å². The molecule has 2 heterocycles. The zero-order valence-corrected chi connectivity index (χ0v) is 11.8. The highest BCUT2D eigenvalue weighted by Gasteiger charge is 2.22. The molecule has 0 saturated carbocycles. The number of aromatic nitrogens is 1. The molecular weight excluding hydrogens is 258 g/mol. The van der Waals surface area contributed by atoms with Crippen LogP contribution >= 0.6 is 11.3 Å². The third-order valence-electron chi connectivity index (χ3n) is 3.44. The Morgan fingerprint density at radius 1 is 1.47 bits per heavy atom. The topological polar surface area (TPSA) is 59.2 Å². The first-order valence-corrected chi connectivity index (χ1v) is 7.02. The summed E-state index contributed by atoms with van der Waals surface area (Å²) < 4.78 is 0. The van der Waals surface area contributed by atoms with Gasteiger partial charge in [-0.2, -0.15) is 0 Å². The summed E-state index contributed by atoms with van der Waals surface area (Å²) in [7, 11) is 0. The van der Waals surface area contributed by atoms with Gasteiger partial charge in [0.15, 0.2) is 5.13 Å². The number of nitrogen functional groups attached to an aromatic ring is 1. The van der Waals surface area contributed by atoms with Gasteiger partial charge in [0.1, 0.15) is 0 Å². The molecule has 4 nitrogen and oxygen atoms in total. The van der Waals surface area contributed by atoms with Gasteiger partial charge in [0.25, 0.3) is 0 Å². The van der Waals surface area contributed by atoms with Gasteiger partial charge in [0.05, 0.1) is 5.69 Å². The number of benzene rings is 1. The van der Waals surface area contributed by atoms with Crippen molar-refractivity contribution in [2.45, 2.75) is 20.3 Å². The van der Waals surface area contributed by atoms with Crippen molar-refractivity contribution in [1.82, 2.24) is 4.98 Å². The van der Waals surface area contributed by atoms with Crippen LogP contribution in [0.5, 0.6) is 0 Å². The number of rotatable bonds is 1. The van der Waals surface area contributed by atoms with Crippen molar-refractivity contribution in [2.24, 2.45) is 0 Å². The molecule has 0 atom stereocenters. The SMILES string of the molecule is CC(=O)N1CCc2cc(-c3nc(N)sc3C)ccc21. The van der Waals surface area contributed by atoms with E-state index in [4.69, 9.17) is 5.73 Å². The molecule has 1 aromatic heterocycles. The van der Waals surface area contributed by atoms with Crippen LogP contribution in [0.25, 0.3) is 11.3 Å². The Kier molecular flexibility index (Phi) is 2.78. The van der Waals surface area contributed by atoms with Gasteiger partial charge in [-0.1, -0.05) is 6.07 Å². The Hall–Kier alpha value is -1.88. The van der Waals surface area contributed by atoms with E-state index in [1.165, 1.54) is 16.9 Å². The first kappa shape index (κ1) is 12.2. The molecule has 0 bridgehead atoms. The number of aryl methyl sites for hydroxylation is 1. The highest BCUT2D eigenvalue weighted by molar-refractivity contribution is 7.15. The maximum absolute atomic E-state index is 11.5. The fraction of sp³-hybridized carbons (Fsp3) is 0.286. The van der Waals surface area contributed by atoms with Crippen molar-refractivity contribution in [3.8, 4) is 11.3 Å². The average Bonchev–Trinajstić information content (AvgIpc) is 2.91. The molecule has 5 heteroatoms. The van der Waals surface area contributed by atoms with Crippen LogP contribution in [0.15, 0.2) is 18.2 Å². The molecule has 1 amide bonds. The largest absolute Gasteiger partial charge is 0.375 e. The molecule has 98 valence electrons. The summed E-state index contributed by atoms with van der Waals surface area (Å²) in [5.41, 5.74) is 10.0. The number of carbonyl (C=O) groups excluding carboxylic acids is 1. The number of anilines is 2. The Bertz CT molecular complexity index is 663. The van der Waals surface area contributed by atoms with Crippen molar-refractivity contribution in [3.63, 3.8) is 0 Å². The van der Waals surface area contributed by atoms with Gasteiger partial charge in [0.2, 0.25) is 5.91 Å². The molecule has 0 saturated heterocycles. The van der Waals surface area contributed by atoms with Crippen molar-refractivity contribution in [2.75, 3.05) is 17.2 Å². The van der Waals surface area contributed by atoms with Crippen LogP contribution in [0.3, 0.4) is 0 Å². The lowest BCUT2D eigenvalue weighted by Gasteiger charge is -2.14. The molecule has 1 aromatic carbocycles. The van der Waals surface area contributed by atoms with Gasteiger partial charge >= 0.3 is 0 Å². The molecule has 0 radical (unpaired) electrons. The second-order valence-corrected chi connectivity index (χ2v) is 5.96. The van der Waals surface area contributed by atoms with E-state index in [0.717, 1.165) is 34.8 Å². The molecule has 3 rings (SSSR count). The predicted molar refractivity (Wildman–Crippen MR) is 78.4 cm³/mol. The quantitative estimate of drug-likeness (QED) is 0.869. The lowest BCUT2D eigenvalue weighted by molar-refractivity contribution is -0.116. The number of amides is 1. The summed E-state index contributed by atoms with van der Waals surface area (Å²) >= 11 is 1.50. The molecule has 0 fully saturated rings. The summed E-state index contributed by atoms with van der Waals surface area (Å²) in [5.74, 6) is 0.0978. The Labute approximate surface area is 115 Å². The molecule has 19 heavy (non-hydrogen) atoms. The number of fused-ring (bicyclic) bond motifs is 1. The number of hydrogen-bond acceptors (Lipinski definition) is 4. The third kappa shape index (κ3) is 2.00. The van der Waals surface area contributed by atoms with Crippen molar-refractivity contribution in [1.29, 1.82) is 0 Å². The standard InChI is InChI=1S/C14H15N3OS/c1-8-13(16-14(15)19-8)11-3-4-12-10(7-11)5-6-17(12)9(2)18/h3-4,7H,5-6H2,1-2H3,(H2,15,16). The van der Waals surface area contributed by atoms with Crippen LogP contribution < -0.4 is 10.6 Å². The Morgan fingerprint density at radius 3 is 2.89 bits per heavy atom. The summed E-state index contributed by atoms with van der Waals surface area (Å²) in [5, 5.41) is 0.596. The minimum atomic E-state index is 0.0978. The van der Waals surface area contributed by atoms with Gasteiger partial charge in [-0.05, 0) is 31.0 Å². The van der Waals surface area contributed by atoms with Gasteiger partial charge < -0.3 is 10.6 Å². The van der Waals surface area contributed by atoms with Crippen LogP contribution in [0.4, 0.5) is 10.8 Å². The number of nitrogens with two attached hydrogens (primary N) is 1. The van der Waals surface area contributed by atoms with Crippen molar-refractivity contribution >= 4 is 28.1 Å². The van der Waals surface area contributed by atoms with Gasteiger partial charge in [0, 0.05) is 29.6 Å². The first-order valence-electron chi connectivity index (χ1n) is 6.20. The van der Waals surface area contributed by atoms with E-state index in [1.54, 1.807) is 6.92 Å². The lowest BCUT2D eigenvalue weighted by atomic mass is 10.1. The highest BCUT2D eigenvalue weighted by Crippen LogP contribution is 2.34. The van der Waals surface area contributed by atoms with E-state index < -0.39 is 0 Å². The summed E-state index contributed by atoms with van der Waals surface area (Å²) in [6, 6.07) is 6.15. The second-order valence-electron chi connectivity index (χ2n) is 4.72. The normalized spacial score (nSPS) is 13.7. The fourth-order valence-corrected chi connectivity index (χ4v) is 3.27. The van der Waals surface area contributed by atoms with Crippen molar-refractivity contribution in [3.05, 3.63) is 28.6 Å². The van der Waals surface area contributed by atoms with Gasteiger partial charge in [-0.15, -0.1) is 11.3 Å². The van der Waals surface area contributed by atoms with Crippen LogP contribution in [0.1, 0.15) is 17.4 Å². The monoisotopic (exact) mass is 273 g/mol. The van der Waals surface area contributed by atoms with Gasteiger partial charge in [-0.3, -0.25) is 4.79 Å². The maximum Gasteiger partial charge on any atom is 0.223 e. The molecule has 0 spiro atoms. The summed E-state index contributed by atoms with van der Waals surface area (Å²) in [6.07, 6.45) is 0.904. The second kappa shape index (κ2) is 4.35. The van der Waals surface area contributed by atoms with E-state index in [-0.39, 0.29) is 5.91 Å².